The van der Waals surface area contributed by atoms with Crippen molar-refractivity contribution in [3.05, 3.63) is 12.3 Å². The van der Waals surface area contributed by atoms with Crippen LogP contribution in [-0.2, 0) is 0 Å². The summed E-state index contributed by atoms with van der Waals surface area (Å²) in [6, 6.07) is 1.74. The lowest BCUT2D eigenvalue weighted by Gasteiger charge is -2.02. The maximum atomic E-state index is 5.46. The summed E-state index contributed by atoms with van der Waals surface area (Å²) in [7, 11) is 0. The first-order valence-corrected chi connectivity index (χ1v) is 2.88. The van der Waals surface area contributed by atoms with Gasteiger partial charge in [-0.2, -0.15) is 9.89 Å². The van der Waals surface area contributed by atoms with Crippen molar-refractivity contribution in [3.63, 3.8) is 0 Å². The van der Waals surface area contributed by atoms with Crippen LogP contribution in [0.15, 0.2) is 12.3 Å². The molecule has 0 atom stereocenters. The van der Waals surface area contributed by atoms with Gasteiger partial charge < -0.3 is 11.2 Å². The Morgan fingerprint density at radius 3 is 3.11 bits per heavy atom. The monoisotopic (exact) mass is 126 g/mol. The van der Waals surface area contributed by atoms with Crippen LogP contribution in [0.4, 0.5) is 5.82 Å². The lowest BCUT2D eigenvalue weighted by atomic mass is 10.7. The van der Waals surface area contributed by atoms with Gasteiger partial charge in [-0.05, 0) is 6.92 Å². The predicted octanol–water partition coefficient (Wildman–Crippen LogP) is 0.0287. The number of rotatable bonds is 2. The second-order valence-electron chi connectivity index (χ2n) is 1.68. The van der Waals surface area contributed by atoms with Crippen molar-refractivity contribution in [2.45, 2.75) is 6.92 Å². The number of nitrogens with two attached hydrogens (primary N) is 1. The highest BCUT2D eigenvalue weighted by atomic mass is 15.6. The molecule has 1 rings (SSSR count). The predicted molar refractivity (Wildman–Crippen MR) is 36.5 cm³/mol. The van der Waals surface area contributed by atoms with Crippen molar-refractivity contribution in [2.24, 2.45) is 0 Å². The molecule has 0 amide bonds. The highest BCUT2D eigenvalue weighted by molar-refractivity contribution is 5.26. The van der Waals surface area contributed by atoms with Gasteiger partial charge >= 0.3 is 0 Å². The summed E-state index contributed by atoms with van der Waals surface area (Å²) >= 11 is 0. The summed E-state index contributed by atoms with van der Waals surface area (Å²) in [6.07, 6.45) is 1.65. The zero-order valence-corrected chi connectivity index (χ0v) is 5.33. The second-order valence-corrected chi connectivity index (χ2v) is 1.68. The Hall–Kier alpha value is -1.19. The van der Waals surface area contributed by atoms with Gasteiger partial charge in [-0.15, -0.1) is 0 Å². The first-order valence-electron chi connectivity index (χ1n) is 2.88. The molecular weight excluding hydrogens is 116 g/mol. The minimum atomic E-state index is 0.636. The van der Waals surface area contributed by atoms with Crippen LogP contribution in [0.25, 0.3) is 0 Å². The van der Waals surface area contributed by atoms with E-state index < -0.39 is 0 Å². The van der Waals surface area contributed by atoms with E-state index >= 15 is 0 Å². The van der Waals surface area contributed by atoms with Crippen LogP contribution in [0.5, 0.6) is 0 Å². The molecule has 1 aromatic heterocycles. The molecule has 0 radical (unpaired) electrons. The van der Waals surface area contributed by atoms with Crippen LogP contribution in [0.3, 0.4) is 0 Å². The summed E-state index contributed by atoms with van der Waals surface area (Å²) in [6.45, 7) is 2.81. The van der Waals surface area contributed by atoms with E-state index in [0.29, 0.717) is 5.82 Å². The van der Waals surface area contributed by atoms with Crippen LogP contribution in [-0.4, -0.2) is 16.4 Å². The Morgan fingerprint density at radius 2 is 2.67 bits per heavy atom. The zero-order valence-electron chi connectivity index (χ0n) is 5.33. The average molecular weight is 126 g/mol. The van der Waals surface area contributed by atoms with Crippen molar-refractivity contribution in [3.8, 4) is 0 Å². The van der Waals surface area contributed by atoms with Crippen molar-refractivity contribution >= 4 is 5.82 Å². The smallest absolute Gasteiger partial charge is 0.144 e. The van der Waals surface area contributed by atoms with Gasteiger partial charge in [-0.1, -0.05) is 0 Å². The molecule has 0 aliphatic heterocycles. The van der Waals surface area contributed by atoms with E-state index in [1.165, 1.54) is 0 Å². The van der Waals surface area contributed by atoms with E-state index in [-0.39, 0.29) is 0 Å². The zero-order chi connectivity index (χ0) is 6.69. The summed E-state index contributed by atoms with van der Waals surface area (Å²) < 4.78 is 0. The molecule has 0 saturated heterocycles. The Balaban J connectivity index is 2.69. The first-order chi connectivity index (χ1) is 4.34. The molecule has 50 valence electrons. The van der Waals surface area contributed by atoms with Crippen molar-refractivity contribution < 1.29 is 0 Å². The minimum Gasteiger partial charge on any atom is -0.382 e. The summed E-state index contributed by atoms with van der Waals surface area (Å²) in [5, 5.41) is 3.89. The Bertz CT molecular complexity index is 181. The number of nitrogens with one attached hydrogen (secondary N) is 1. The third kappa shape index (κ3) is 1.13. The van der Waals surface area contributed by atoms with Crippen molar-refractivity contribution in [2.75, 3.05) is 17.7 Å². The highest BCUT2D eigenvalue weighted by Gasteiger charge is 1.90. The maximum absolute atomic E-state index is 5.46. The summed E-state index contributed by atoms with van der Waals surface area (Å²) in [5.74, 6) is 0.636. The lowest BCUT2D eigenvalue weighted by molar-refractivity contribution is 0.757. The number of hydrogen-bond acceptors (Lipinski definition) is 3. The molecule has 0 fully saturated rings. The fraction of sp³-hybridized carbons (Fsp3) is 0.400. The SMILES string of the molecule is CCNn1nccc1N. The average Bonchev–Trinajstić information content (AvgIpc) is 2.18. The molecule has 0 aromatic carbocycles. The summed E-state index contributed by atoms with van der Waals surface area (Å²) in [4.78, 5) is 1.54. The Labute approximate surface area is 53.6 Å². The number of hydrogen-bond donors (Lipinski definition) is 2. The van der Waals surface area contributed by atoms with E-state index in [0.717, 1.165) is 6.54 Å². The second kappa shape index (κ2) is 2.39. The molecule has 0 aliphatic rings. The molecule has 1 heterocycles. The molecule has 0 saturated carbocycles. The molecule has 0 aliphatic carbocycles. The van der Waals surface area contributed by atoms with E-state index in [1.54, 1.807) is 17.1 Å². The van der Waals surface area contributed by atoms with Crippen LogP contribution >= 0.6 is 0 Å². The van der Waals surface area contributed by atoms with Gasteiger partial charge in [0.1, 0.15) is 5.82 Å². The Kier molecular flexibility index (Phi) is 1.58. The number of aromatic nitrogens is 2. The van der Waals surface area contributed by atoms with Gasteiger partial charge in [-0.25, -0.2) is 0 Å². The van der Waals surface area contributed by atoms with Crippen molar-refractivity contribution in [1.82, 2.24) is 9.89 Å². The Morgan fingerprint density at radius 1 is 1.89 bits per heavy atom. The van der Waals surface area contributed by atoms with Crippen LogP contribution in [0.1, 0.15) is 6.92 Å². The molecule has 0 unspecified atom stereocenters. The number of nitrogen functional groups attached to an aromatic ring is 1. The van der Waals surface area contributed by atoms with E-state index in [1.807, 2.05) is 6.92 Å². The molecular formula is C5H10N4. The molecule has 4 heteroatoms. The van der Waals surface area contributed by atoms with Gasteiger partial charge in [-0.3, -0.25) is 0 Å². The molecule has 3 N–H and O–H groups in total. The standard InChI is InChI=1S/C5H10N4/c1-2-7-9-5(6)3-4-8-9/h3-4,7H,2,6H2,1H3. The van der Waals surface area contributed by atoms with Crippen LogP contribution < -0.4 is 11.2 Å². The molecule has 1 aromatic rings. The van der Waals surface area contributed by atoms with Crippen molar-refractivity contribution in [1.29, 1.82) is 0 Å². The quantitative estimate of drug-likeness (QED) is 0.587. The fourth-order valence-electron chi connectivity index (χ4n) is 0.596. The van der Waals surface area contributed by atoms with Gasteiger partial charge in [0.05, 0.1) is 6.20 Å². The third-order valence-electron chi connectivity index (χ3n) is 0.980. The summed E-state index contributed by atoms with van der Waals surface area (Å²) in [5.41, 5.74) is 8.40. The highest BCUT2D eigenvalue weighted by Crippen LogP contribution is 1.94. The third-order valence-corrected chi connectivity index (χ3v) is 0.980. The maximum Gasteiger partial charge on any atom is 0.144 e. The first kappa shape index (κ1) is 5.94. The minimum absolute atomic E-state index is 0.636. The normalized spacial score (nSPS) is 9.44. The molecule has 9 heavy (non-hydrogen) atoms. The lowest BCUT2D eigenvalue weighted by Crippen LogP contribution is -2.17. The van der Waals surface area contributed by atoms with Gasteiger partial charge in [0.15, 0.2) is 0 Å². The van der Waals surface area contributed by atoms with Gasteiger partial charge in [0, 0.05) is 12.6 Å². The van der Waals surface area contributed by atoms with E-state index in [4.69, 9.17) is 5.73 Å². The number of nitrogens with zero attached hydrogens (tertiary/aromatic N) is 2. The van der Waals surface area contributed by atoms with Crippen LogP contribution in [0.2, 0.25) is 0 Å². The van der Waals surface area contributed by atoms with E-state index in [9.17, 15) is 0 Å². The van der Waals surface area contributed by atoms with Gasteiger partial charge in [0.25, 0.3) is 0 Å². The largest absolute Gasteiger partial charge is 0.382 e. The topological polar surface area (TPSA) is 55.9 Å². The molecule has 0 bridgehead atoms. The number of anilines is 1. The molecule has 0 spiro atoms. The molecule has 4 nitrogen and oxygen atoms in total. The van der Waals surface area contributed by atoms with E-state index in [2.05, 4.69) is 10.5 Å². The fourth-order valence-corrected chi connectivity index (χ4v) is 0.596. The van der Waals surface area contributed by atoms with Crippen LogP contribution in [0, 0.1) is 0 Å². The van der Waals surface area contributed by atoms with Gasteiger partial charge in [0.2, 0.25) is 0 Å².